The van der Waals surface area contributed by atoms with Gasteiger partial charge in [-0.15, -0.1) is 0 Å². The Hall–Kier alpha value is -4.26. The molecule has 0 bridgehead atoms. The molecule has 1 saturated carbocycles. The largest absolute Gasteiger partial charge is 0.462 e. The molecule has 7 nitrogen and oxygen atoms in total. The second-order valence-electron chi connectivity index (χ2n) is 9.24. The molecule has 4 aromatic rings. The fourth-order valence-corrected chi connectivity index (χ4v) is 4.68. The van der Waals surface area contributed by atoms with Crippen molar-refractivity contribution in [2.75, 3.05) is 17.2 Å². The monoisotopic (exact) mass is 494 g/mol. The van der Waals surface area contributed by atoms with E-state index >= 15 is 0 Å². The van der Waals surface area contributed by atoms with Gasteiger partial charge in [0.05, 0.1) is 46.5 Å². The van der Waals surface area contributed by atoms with Crippen LogP contribution in [-0.4, -0.2) is 34.5 Å². The van der Waals surface area contributed by atoms with E-state index in [1.165, 1.54) is 19.3 Å². The highest BCUT2D eigenvalue weighted by atomic mass is 16.5. The van der Waals surface area contributed by atoms with E-state index in [0.29, 0.717) is 33.9 Å². The molecule has 0 radical (unpaired) electrons. The maximum atomic E-state index is 13.4. The zero-order valence-electron chi connectivity index (χ0n) is 20.9. The molecule has 0 atom stereocenters. The molecular weight excluding hydrogens is 464 g/mol. The Bertz CT molecular complexity index is 1420. The number of rotatable bonds is 7. The third-order valence-electron chi connectivity index (χ3n) is 6.62. The van der Waals surface area contributed by atoms with Crippen molar-refractivity contribution in [1.29, 1.82) is 0 Å². The summed E-state index contributed by atoms with van der Waals surface area (Å²) in [4.78, 5) is 35.0. The fraction of sp³-hybridized carbons (Fsp3) is 0.267. The van der Waals surface area contributed by atoms with Gasteiger partial charge in [-0.2, -0.15) is 0 Å². The van der Waals surface area contributed by atoms with Crippen LogP contribution in [0.5, 0.6) is 0 Å². The lowest BCUT2D eigenvalue weighted by Crippen LogP contribution is -2.23. The third-order valence-corrected chi connectivity index (χ3v) is 6.62. The first-order chi connectivity index (χ1) is 18.1. The van der Waals surface area contributed by atoms with E-state index < -0.39 is 5.97 Å². The number of fused-ring (bicyclic) bond motifs is 1. The number of aromatic nitrogens is 2. The number of hydrogen-bond acceptors (Lipinski definition) is 6. The number of amides is 1. The molecule has 0 unspecified atom stereocenters. The molecule has 1 aliphatic rings. The Labute approximate surface area is 216 Å². The second kappa shape index (κ2) is 11.2. The molecule has 7 heteroatoms. The van der Waals surface area contributed by atoms with Crippen molar-refractivity contribution >= 4 is 34.3 Å². The van der Waals surface area contributed by atoms with Crippen LogP contribution < -0.4 is 10.6 Å². The molecule has 188 valence electrons. The van der Waals surface area contributed by atoms with Crippen LogP contribution in [0.2, 0.25) is 0 Å². The van der Waals surface area contributed by atoms with Crippen LogP contribution in [0, 0.1) is 0 Å². The minimum atomic E-state index is -0.420. The van der Waals surface area contributed by atoms with E-state index in [2.05, 4.69) is 15.6 Å². The van der Waals surface area contributed by atoms with Gasteiger partial charge in [0.1, 0.15) is 0 Å². The first-order valence-electron chi connectivity index (χ1n) is 12.8. The molecule has 1 fully saturated rings. The van der Waals surface area contributed by atoms with E-state index in [-0.39, 0.29) is 12.5 Å². The molecule has 2 N–H and O–H groups in total. The number of anilines is 2. The van der Waals surface area contributed by atoms with Gasteiger partial charge < -0.3 is 15.4 Å². The summed E-state index contributed by atoms with van der Waals surface area (Å²) in [5.74, 6) is -0.710. The number of nitrogens with one attached hydrogen (secondary N) is 2. The molecule has 37 heavy (non-hydrogen) atoms. The summed E-state index contributed by atoms with van der Waals surface area (Å²) >= 11 is 0. The van der Waals surface area contributed by atoms with E-state index in [9.17, 15) is 9.59 Å². The minimum Gasteiger partial charge on any atom is -0.462 e. The predicted molar refractivity (Wildman–Crippen MR) is 146 cm³/mol. The molecule has 1 aliphatic carbocycles. The normalized spacial score (nSPS) is 13.8. The van der Waals surface area contributed by atoms with Gasteiger partial charge in [-0.25, -0.2) is 9.78 Å². The molecule has 3 aromatic carbocycles. The first-order valence-corrected chi connectivity index (χ1v) is 12.8. The summed E-state index contributed by atoms with van der Waals surface area (Å²) in [6.45, 7) is 2.05. The van der Waals surface area contributed by atoms with Gasteiger partial charge in [-0.1, -0.05) is 49.6 Å². The summed E-state index contributed by atoms with van der Waals surface area (Å²) in [5.41, 5.74) is 5.23. The van der Waals surface area contributed by atoms with Crippen LogP contribution in [0.25, 0.3) is 22.3 Å². The molecular formula is C30H30N4O3. The van der Waals surface area contributed by atoms with Crippen LogP contribution >= 0.6 is 0 Å². The van der Waals surface area contributed by atoms with Crippen LogP contribution in [0.3, 0.4) is 0 Å². The molecule has 1 amide bonds. The summed E-state index contributed by atoms with van der Waals surface area (Å²) in [6.07, 6.45) is 7.52. The second-order valence-corrected chi connectivity index (χ2v) is 9.24. The number of ether oxygens (including phenoxy) is 1. The SMILES string of the molecule is CCOC(=O)c1ccc(NC2CCCCC2)c(NC(=O)c2ccc3ncc(-c4ccccc4)nc3c2)c1. The Morgan fingerprint density at radius 2 is 1.68 bits per heavy atom. The van der Waals surface area contributed by atoms with Crippen molar-refractivity contribution in [2.24, 2.45) is 0 Å². The first kappa shape index (κ1) is 24.4. The maximum Gasteiger partial charge on any atom is 0.338 e. The minimum absolute atomic E-state index is 0.283. The standard InChI is InChI=1S/C30H30N4O3/c1-2-37-30(36)22-14-16-25(32-23-11-7-4-8-12-23)27(18-22)34-29(35)21-13-15-24-26(17-21)33-28(19-31-24)20-9-5-3-6-10-20/h3,5-6,9-10,13-19,23,32H,2,4,7-8,11-12H2,1H3,(H,34,35). The average Bonchev–Trinajstić information content (AvgIpc) is 2.94. The Morgan fingerprint density at radius 1 is 0.892 bits per heavy atom. The van der Waals surface area contributed by atoms with Crippen molar-refractivity contribution in [3.8, 4) is 11.3 Å². The highest BCUT2D eigenvalue weighted by Gasteiger charge is 2.18. The summed E-state index contributed by atoms with van der Waals surface area (Å²) in [7, 11) is 0. The van der Waals surface area contributed by atoms with Crippen molar-refractivity contribution in [2.45, 2.75) is 45.1 Å². The van der Waals surface area contributed by atoms with E-state index in [1.807, 2.05) is 36.4 Å². The summed E-state index contributed by atoms with van der Waals surface area (Å²) < 4.78 is 5.17. The summed E-state index contributed by atoms with van der Waals surface area (Å²) in [5, 5.41) is 6.58. The number of hydrogen-bond donors (Lipinski definition) is 2. The summed E-state index contributed by atoms with van der Waals surface area (Å²) in [6, 6.07) is 20.7. The lowest BCUT2D eigenvalue weighted by Gasteiger charge is -2.25. The fourth-order valence-electron chi connectivity index (χ4n) is 4.68. The number of esters is 1. The van der Waals surface area contributed by atoms with Gasteiger partial charge in [0, 0.05) is 17.2 Å². The molecule has 0 saturated heterocycles. The lowest BCUT2D eigenvalue weighted by molar-refractivity contribution is 0.0526. The zero-order chi connectivity index (χ0) is 25.6. The van der Waals surface area contributed by atoms with Crippen LogP contribution in [-0.2, 0) is 4.74 Å². The topological polar surface area (TPSA) is 93.2 Å². The quantitative estimate of drug-likeness (QED) is 0.286. The smallest absolute Gasteiger partial charge is 0.338 e. The number of nitrogens with zero attached hydrogens (tertiary/aromatic N) is 2. The number of carbonyl (C=O) groups is 2. The molecule has 0 spiro atoms. The predicted octanol–water partition coefficient (Wildman–Crippen LogP) is 6.47. The third kappa shape index (κ3) is 5.77. The molecule has 1 aromatic heterocycles. The maximum absolute atomic E-state index is 13.4. The van der Waals surface area contributed by atoms with Crippen LogP contribution in [0.15, 0.2) is 72.9 Å². The van der Waals surface area contributed by atoms with Crippen molar-refractivity contribution in [3.05, 3.63) is 84.1 Å². The van der Waals surface area contributed by atoms with Gasteiger partial charge in [0.15, 0.2) is 0 Å². The highest BCUT2D eigenvalue weighted by Crippen LogP contribution is 2.29. The van der Waals surface area contributed by atoms with Gasteiger partial charge in [-0.05, 0) is 56.2 Å². The number of carbonyl (C=O) groups excluding carboxylic acids is 2. The Morgan fingerprint density at radius 3 is 2.46 bits per heavy atom. The van der Waals surface area contributed by atoms with Crippen molar-refractivity contribution in [1.82, 2.24) is 9.97 Å². The van der Waals surface area contributed by atoms with E-state index in [0.717, 1.165) is 29.8 Å². The molecule has 1 heterocycles. The Balaban J connectivity index is 1.43. The number of benzene rings is 3. The van der Waals surface area contributed by atoms with Gasteiger partial charge in [0.2, 0.25) is 0 Å². The molecule has 5 rings (SSSR count). The lowest BCUT2D eigenvalue weighted by atomic mass is 9.95. The van der Waals surface area contributed by atoms with Gasteiger partial charge >= 0.3 is 5.97 Å². The van der Waals surface area contributed by atoms with Gasteiger partial charge in [0.25, 0.3) is 5.91 Å². The van der Waals surface area contributed by atoms with E-state index in [1.54, 1.807) is 43.5 Å². The Kier molecular flexibility index (Phi) is 7.40. The van der Waals surface area contributed by atoms with Crippen LogP contribution in [0.1, 0.15) is 59.7 Å². The van der Waals surface area contributed by atoms with Gasteiger partial charge in [-0.3, -0.25) is 9.78 Å². The van der Waals surface area contributed by atoms with E-state index in [4.69, 9.17) is 9.72 Å². The average molecular weight is 495 g/mol. The molecule has 0 aliphatic heterocycles. The highest BCUT2D eigenvalue weighted by molar-refractivity contribution is 6.08. The van der Waals surface area contributed by atoms with Crippen molar-refractivity contribution in [3.63, 3.8) is 0 Å². The van der Waals surface area contributed by atoms with Crippen LogP contribution in [0.4, 0.5) is 11.4 Å². The zero-order valence-corrected chi connectivity index (χ0v) is 20.9. The van der Waals surface area contributed by atoms with Crippen molar-refractivity contribution < 1.29 is 14.3 Å².